The molecule has 1 aromatic carbocycles. The van der Waals surface area contributed by atoms with E-state index >= 15 is 0 Å². The van der Waals surface area contributed by atoms with Crippen molar-refractivity contribution in [3.8, 4) is 0 Å². The third-order valence-corrected chi connectivity index (χ3v) is 3.10. The fraction of sp³-hybridized carbons (Fsp3) is 0.214. The van der Waals surface area contributed by atoms with Gasteiger partial charge in [-0.15, -0.1) is 11.6 Å². The quantitative estimate of drug-likeness (QED) is 0.859. The lowest BCUT2D eigenvalue weighted by Gasteiger charge is -2.15. The van der Waals surface area contributed by atoms with Crippen molar-refractivity contribution in [2.24, 2.45) is 0 Å². The van der Waals surface area contributed by atoms with Gasteiger partial charge in [0, 0.05) is 0 Å². The zero-order valence-corrected chi connectivity index (χ0v) is 10.7. The topological polar surface area (TPSA) is 42.2 Å². The Morgan fingerprint density at radius 1 is 1.22 bits per heavy atom. The van der Waals surface area contributed by atoms with Crippen LogP contribution in [-0.2, 0) is 4.79 Å². The van der Waals surface area contributed by atoms with Crippen molar-refractivity contribution in [2.75, 3.05) is 0 Å². The van der Waals surface area contributed by atoms with Crippen LogP contribution in [0.4, 0.5) is 0 Å². The van der Waals surface area contributed by atoms with Gasteiger partial charge >= 0.3 is 0 Å². The van der Waals surface area contributed by atoms with Crippen LogP contribution in [0.3, 0.4) is 0 Å². The summed E-state index contributed by atoms with van der Waals surface area (Å²) in [7, 11) is 0. The summed E-state index contributed by atoms with van der Waals surface area (Å²) >= 11 is 6.12. The first-order valence-corrected chi connectivity index (χ1v) is 6.15. The average Bonchev–Trinajstić information content (AvgIpc) is 2.92. The molecule has 1 amide bonds. The number of furan rings is 1. The predicted molar refractivity (Wildman–Crippen MR) is 70.3 cm³/mol. The second-order valence-corrected chi connectivity index (χ2v) is 4.46. The van der Waals surface area contributed by atoms with Gasteiger partial charge in [-0.3, -0.25) is 4.79 Å². The summed E-state index contributed by atoms with van der Waals surface area (Å²) in [5, 5.41) is 2.12. The van der Waals surface area contributed by atoms with Crippen molar-refractivity contribution in [1.29, 1.82) is 0 Å². The summed E-state index contributed by atoms with van der Waals surface area (Å²) in [4.78, 5) is 12.0. The predicted octanol–water partition coefficient (Wildman–Crippen LogP) is 3.44. The first-order chi connectivity index (χ1) is 8.68. The van der Waals surface area contributed by atoms with E-state index in [2.05, 4.69) is 5.32 Å². The molecule has 94 valence electrons. The molecule has 3 nitrogen and oxygen atoms in total. The Labute approximate surface area is 111 Å². The van der Waals surface area contributed by atoms with Gasteiger partial charge in [0.15, 0.2) is 0 Å². The van der Waals surface area contributed by atoms with Crippen molar-refractivity contribution in [2.45, 2.75) is 18.3 Å². The van der Waals surface area contributed by atoms with Crippen LogP contribution in [0.2, 0.25) is 0 Å². The van der Waals surface area contributed by atoms with E-state index in [4.69, 9.17) is 16.0 Å². The number of hydrogen-bond donors (Lipinski definition) is 1. The molecule has 0 bridgehead atoms. The molecule has 1 heterocycles. The van der Waals surface area contributed by atoms with Gasteiger partial charge in [-0.1, -0.05) is 30.3 Å². The molecule has 4 heteroatoms. The van der Waals surface area contributed by atoms with Gasteiger partial charge in [0.1, 0.15) is 11.1 Å². The maximum absolute atomic E-state index is 12.0. The summed E-state index contributed by atoms with van der Waals surface area (Å²) < 4.78 is 5.22. The molecule has 2 aromatic rings. The molecule has 2 unspecified atom stereocenters. The monoisotopic (exact) mass is 263 g/mol. The van der Waals surface area contributed by atoms with Gasteiger partial charge < -0.3 is 9.73 Å². The second-order valence-electron chi connectivity index (χ2n) is 4.02. The van der Waals surface area contributed by atoms with Gasteiger partial charge in [0.25, 0.3) is 0 Å². The Morgan fingerprint density at radius 3 is 2.56 bits per heavy atom. The van der Waals surface area contributed by atoms with E-state index in [1.165, 1.54) is 0 Å². The molecule has 0 spiro atoms. The molecule has 18 heavy (non-hydrogen) atoms. The molecule has 1 N–H and O–H groups in total. The molecule has 0 saturated heterocycles. The largest absolute Gasteiger partial charge is 0.467 e. The van der Waals surface area contributed by atoms with Crippen LogP contribution in [0.25, 0.3) is 0 Å². The highest BCUT2D eigenvalue weighted by atomic mass is 35.5. The van der Waals surface area contributed by atoms with Gasteiger partial charge in [-0.2, -0.15) is 0 Å². The zero-order chi connectivity index (χ0) is 13.0. The van der Waals surface area contributed by atoms with Gasteiger partial charge in [0.2, 0.25) is 5.91 Å². The number of nitrogens with one attached hydrogen (secondary N) is 1. The van der Waals surface area contributed by atoms with Crippen LogP contribution in [0.5, 0.6) is 0 Å². The Kier molecular flexibility index (Phi) is 4.05. The molecule has 0 aliphatic heterocycles. The van der Waals surface area contributed by atoms with Crippen LogP contribution in [0, 0.1) is 0 Å². The van der Waals surface area contributed by atoms with Crippen molar-refractivity contribution in [3.63, 3.8) is 0 Å². The molecule has 0 fully saturated rings. The van der Waals surface area contributed by atoms with Crippen LogP contribution in [0.15, 0.2) is 53.1 Å². The maximum Gasteiger partial charge on any atom is 0.243 e. The first kappa shape index (κ1) is 12.7. The number of rotatable bonds is 4. The first-order valence-electron chi connectivity index (χ1n) is 5.71. The molecule has 0 aliphatic carbocycles. The van der Waals surface area contributed by atoms with Crippen LogP contribution in [0.1, 0.15) is 29.7 Å². The van der Waals surface area contributed by atoms with Gasteiger partial charge in [-0.05, 0) is 24.6 Å². The molecule has 0 saturated carbocycles. The van der Waals surface area contributed by atoms with Crippen molar-refractivity contribution in [1.82, 2.24) is 5.32 Å². The highest BCUT2D eigenvalue weighted by molar-refractivity contribution is 6.30. The number of carbonyl (C=O) groups excluding carboxylic acids is 1. The van der Waals surface area contributed by atoms with Gasteiger partial charge in [0.05, 0.1) is 12.3 Å². The van der Waals surface area contributed by atoms with E-state index in [1.54, 1.807) is 12.3 Å². The Balaban J connectivity index is 2.00. The summed E-state index contributed by atoms with van der Waals surface area (Å²) in [6.07, 6.45) is 1.58. The Bertz CT molecular complexity index is 496. The third kappa shape index (κ3) is 2.93. The van der Waals surface area contributed by atoms with E-state index < -0.39 is 5.38 Å². The summed E-state index contributed by atoms with van der Waals surface area (Å²) in [5.74, 6) is 0.479. The van der Waals surface area contributed by atoms with Crippen LogP contribution < -0.4 is 5.32 Å². The molecular formula is C14H14ClNO2. The number of amides is 1. The van der Waals surface area contributed by atoms with Crippen LogP contribution in [-0.4, -0.2) is 5.91 Å². The standard InChI is InChI=1S/C14H14ClNO2/c1-10(12-8-5-9-18-12)16-14(17)13(15)11-6-3-2-4-7-11/h2-10,13H,1H3,(H,16,17). The minimum Gasteiger partial charge on any atom is -0.467 e. The van der Waals surface area contributed by atoms with Crippen molar-refractivity contribution >= 4 is 17.5 Å². The number of benzene rings is 1. The molecule has 2 atom stereocenters. The lowest BCUT2D eigenvalue weighted by atomic mass is 10.1. The van der Waals surface area contributed by atoms with Crippen LogP contribution >= 0.6 is 11.6 Å². The number of alkyl halides is 1. The minimum atomic E-state index is -0.691. The normalized spacial score (nSPS) is 13.9. The highest BCUT2D eigenvalue weighted by Crippen LogP contribution is 2.22. The number of hydrogen-bond acceptors (Lipinski definition) is 2. The minimum absolute atomic E-state index is 0.197. The van der Waals surface area contributed by atoms with Crippen molar-refractivity contribution in [3.05, 3.63) is 60.1 Å². The maximum atomic E-state index is 12.0. The number of carbonyl (C=O) groups is 1. The molecule has 0 aliphatic rings. The van der Waals surface area contributed by atoms with E-state index in [-0.39, 0.29) is 11.9 Å². The summed E-state index contributed by atoms with van der Waals surface area (Å²) in [6, 6.07) is 12.7. The fourth-order valence-electron chi connectivity index (χ4n) is 1.67. The molecule has 1 aromatic heterocycles. The molecule has 2 rings (SSSR count). The van der Waals surface area contributed by atoms with Crippen molar-refractivity contribution < 1.29 is 9.21 Å². The second kappa shape index (κ2) is 5.74. The summed E-state index contributed by atoms with van der Waals surface area (Å²) in [6.45, 7) is 1.85. The Hall–Kier alpha value is -1.74. The van der Waals surface area contributed by atoms with E-state index in [0.717, 1.165) is 5.56 Å². The lowest BCUT2D eigenvalue weighted by molar-refractivity contribution is -0.121. The lowest BCUT2D eigenvalue weighted by Crippen LogP contribution is -2.29. The SMILES string of the molecule is CC(NC(=O)C(Cl)c1ccccc1)c1ccco1. The third-order valence-electron chi connectivity index (χ3n) is 2.65. The van der Waals surface area contributed by atoms with E-state index in [1.807, 2.05) is 43.3 Å². The Morgan fingerprint density at radius 2 is 1.94 bits per heavy atom. The number of halogens is 1. The summed E-state index contributed by atoms with van der Waals surface area (Å²) in [5.41, 5.74) is 0.781. The molecular weight excluding hydrogens is 250 g/mol. The smallest absolute Gasteiger partial charge is 0.243 e. The highest BCUT2D eigenvalue weighted by Gasteiger charge is 2.20. The zero-order valence-electron chi connectivity index (χ0n) is 9.97. The van der Waals surface area contributed by atoms with E-state index in [9.17, 15) is 4.79 Å². The molecule has 0 radical (unpaired) electrons. The fourth-order valence-corrected chi connectivity index (χ4v) is 1.88. The van der Waals surface area contributed by atoms with Gasteiger partial charge in [-0.25, -0.2) is 0 Å². The van der Waals surface area contributed by atoms with E-state index in [0.29, 0.717) is 5.76 Å². The average molecular weight is 264 g/mol.